The van der Waals surface area contributed by atoms with Gasteiger partial charge in [-0.05, 0) is 43.4 Å². The molecule has 0 radical (unpaired) electrons. The zero-order valence-electron chi connectivity index (χ0n) is 11.5. The first-order chi connectivity index (χ1) is 8.18. The second-order valence-electron chi connectivity index (χ2n) is 6.66. The van der Waals surface area contributed by atoms with Crippen molar-refractivity contribution in [1.82, 2.24) is 0 Å². The van der Waals surface area contributed by atoms with E-state index in [1.165, 1.54) is 44.9 Å². The van der Waals surface area contributed by atoms with Crippen LogP contribution in [-0.2, 0) is 0 Å². The van der Waals surface area contributed by atoms with Gasteiger partial charge in [0.15, 0.2) is 0 Å². The molecule has 1 nitrogen and oxygen atoms in total. The fourth-order valence-corrected chi connectivity index (χ4v) is 4.05. The van der Waals surface area contributed by atoms with E-state index in [2.05, 4.69) is 19.9 Å². The van der Waals surface area contributed by atoms with Gasteiger partial charge in [0, 0.05) is 0 Å². The molecule has 0 aromatic heterocycles. The molecule has 0 aromatic carbocycles. The van der Waals surface area contributed by atoms with Crippen molar-refractivity contribution >= 4 is 0 Å². The lowest BCUT2D eigenvalue weighted by Crippen LogP contribution is -2.33. The van der Waals surface area contributed by atoms with Crippen LogP contribution in [0.1, 0.15) is 71.6 Å². The molecule has 1 heteroatoms. The average Bonchev–Trinajstić information content (AvgIpc) is 2.39. The molecule has 0 amide bonds. The third-order valence-electron chi connectivity index (χ3n) is 5.57. The van der Waals surface area contributed by atoms with E-state index in [1.54, 1.807) is 0 Å². The molecule has 0 aliphatic heterocycles. The Kier molecular flexibility index (Phi) is 4.13. The van der Waals surface area contributed by atoms with Gasteiger partial charge in [0.25, 0.3) is 0 Å². The Hall–Kier alpha value is -0.510. The van der Waals surface area contributed by atoms with E-state index >= 15 is 0 Å². The third kappa shape index (κ3) is 2.67. The van der Waals surface area contributed by atoms with Gasteiger partial charge in [-0.25, -0.2) is 0 Å². The number of rotatable bonds is 2. The van der Waals surface area contributed by atoms with Gasteiger partial charge < -0.3 is 0 Å². The highest BCUT2D eigenvalue weighted by atomic mass is 14.5. The molecule has 0 N–H and O–H groups in total. The maximum Gasteiger partial charge on any atom is 0.0692 e. The molecule has 0 heterocycles. The van der Waals surface area contributed by atoms with E-state index in [-0.39, 0.29) is 5.41 Å². The number of hydrogen-bond donors (Lipinski definition) is 0. The summed E-state index contributed by atoms with van der Waals surface area (Å²) >= 11 is 0. The zero-order chi connectivity index (χ0) is 12.3. The predicted octanol–water partition coefficient (Wildman–Crippen LogP) is 4.92. The fraction of sp³-hybridized carbons (Fsp3) is 0.938. The van der Waals surface area contributed by atoms with E-state index in [1.807, 2.05) is 0 Å². The van der Waals surface area contributed by atoms with E-state index in [0.717, 1.165) is 24.7 Å². The van der Waals surface area contributed by atoms with Crippen LogP contribution in [0.5, 0.6) is 0 Å². The van der Waals surface area contributed by atoms with Crippen LogP contribution in [0.15, 0.2) is 0 Å². The lowest BCUT2D eigenvalue weighted by Gasteiger charge is -2.41. The molecular formula is C16H27N. The van der Waals surface area contributed by atoms with Crippen molar-refractivity contribution in [2.75, 3.05) is 0 Å². The second-order valence-corrected chi connectivity index (χ2v) is 6.66. The summed E-state index contributed by atoms with van der Waals surface area (Å²) in [5.74, 6) is 2.46. The number of hydrogen-bond acceptors (Lipinski definition) is 1. The van der Waals surface area contributed by atoms with Crippen molar-refractivity contribution in [2.45, 2.75) is 71.6 Å². The summed E-state index contributed by atoms with van der Waals surface area (Å²) in [6.45, 7) is 4.45. The summed E-state index contributed by atoms with van der Waals surface area (Å²) in [6.07, 6.45) is 12.2. The molecule has 2 aliphatic rings. The summed E-state index contributed by atoms with van der Waals surface area (Å²) < 4.78 is 0. The third-order valence-corrected chi connectivity index (χ3v) is 5.57. The maximum absolute atomic E-state index is 9.46. The largest absolute Gasteiger partial charge is 0.198 e. The summed E-state index contributed by atoms with van der Waals surface area (Å²) in [6, 6.07) is 2.64. The van der Waals surface area contributed by atoms with Gasteiger partial charge in [-0.3, -0.25) is 0 Å². The monoisotopic (exact) mass is 233 g/mol. The zero-order valence-corrected chi connectivity index (χ0v) is 11.5. The van der Waals surface area contributed by atoms with Crippen molar-refractivity contribution in [1.29, 1.82) is 5.26 Å². The van der Waals surface area contributed by atoms with Crippen molar-refractivity contribution in [3.8, 4) is 6.07 Å². The molecule has 0 spiro atoms. The highest BCUT2D eigenvalue weighted by molar-refractivity contribution is 5.03. The Morgan fingerprint density at radius 2 is 1.47 bits per heavy atom. The lowest BCUT2D eigenvalue weighted by atomic mass is 9.62. The highest BCUT2D eigenvalue weighted by Crippen LogP contribution is 2.47. The smallest absolute Gasteiger partial charge is 0.0692 e. The van der Waals surface area contributed by atoms with Gasteiger partial charge in [0.05, 0.1) is 11.5 Å². The first-order valence-corrected chi connectivity index (χ1v) is 7.59. The quantitative estimate of drug-likeness (QED) is 0.664. The molecular weight excluding hydrogens is 206 g/mol. The molecule has 2 rings (SSSR count). The van der Waals surface area contributed by atoms with Crippen LogP contribution in [0.25, 0.3) is 0 Å². The first kappa shape index (κ1) is 12.9. The molecule has 0 atom stereocenters. The summed E-state index contributed by atoms with van der Waals surface area (Å²) in [5.41, 5.74) is 0.00513. The minimum Gasteiger partial charge on any atom is -0.198 e. The Morgan fingerprint density at radius 1 is 0.941 bits per heavy atom. The standard InChI is InChI=1S/C16H27N/c1-13(2)16(12-17)10-8-15(9-11-16)14-6-4-3-5-7-14/h13-15H,3-11H2,1-2H3/t15-,16-. The maximum atomic E-state index is 9.46. The molecule has 2 fully saturated rings. The van der Waals surface area contributed by atoms with Gasteiger partial charge >= 0.3 is 0 Å². The van der Waals surface area contributed by atoms with Crippen molar-refractivity contribution in [2.24, 2.45) is 23.2 Å². The summed E-state index contributed by atoms with van der Waals surface area (Å²) in [7, 11) is 0. The molecule has 0 unspecified atom stereocenters. The number of nitrogens with zero attached hydrogens (tertiary/aromatic N) is 1. The molecule has 2 aliphatic carbocycles. The van der Waals surface area contributed by atoms with Crippen molar-refractivity contribution in [3.63, 3.8) is 0 Å². The normalized spacial score (nSPS) is 35.8. The van der Waals surface area contributed by atoms with Crippen LogP contribution in [0.3, 0.4) is 0 Å². The molecule has 0 bridgehead atoms. The van der Waals surface area contributed by atoms with Crippen molar-refractivity contribution in [3.05, 3.63) is 0 Å². The van der Waals surface area contributed by atoms with Gasteiger partial charge in [0.1, 0.15) is 0 Å². The molecule has 0 aromatic rings. The van der Waals surface area contributed by atoms with Crippen LogP contribution in [0, 0.1) is 34.5 Å². The Morgan fingerprint density at radius 3 is 1.94 bits per heavy atom. The fourth-order valence-electron chi connectivity index (χ4n) is 4.05. The molecule has 2 saturated carbocycles. The van der Waals surface area contributed by atoms with Crippen molar-refractivity contribution < 1.29 is 0 Å². The van der Waals surface area contributed by atoms with Crippen LogP contribution < -0.4 is 0 Å². The van der Waals surface area contributed by atoms with Crippen LogP contribution >= 0.6 is 0 Å². The minimum atomic E-state index is 0.00513. The highest BCUT2D eigenvalue weighted by Gasteiger charge is 2.39. The minimum absolute atomic E-state index is 0.00513. The van der Waals surface area contributed by atoms with Gasteiger partial charge in [-0.2, -0.15) is 5.26 Å². The predicted molar refractivity (Wildman–Crippen MR) is 71.4 cm³/mol. The van der Waals surface area contributed by atoms with E-state index in [4.69, 9.17) is 0 Å². The van der Waals surface area contributed by atoms with Gasteiger partial charge in [-0.1, -0.05) is 46.0 Å². The molecule has 0 saturated heterocycles. The van der Waals surface area contributed by atoms with Crippen LogP contribution in [0.4, 0.5) is 0 Å². The van der Waals surface area contributed by atoms with E-state index in [0.29, 0.717) is 5.92 Å². The Labute approximate surface area is 107 Å². The van der Waals surface area contributed by atoms with Crippen LogP contribution in [-0.4, -0.2) is 0 Å². The van der Waals surface area contributed by atoms with Crippen LogP contribution in [0.2, 0.25) is 0 Å². The Balaban J connectivity index is 1.91. The molecule has 17 heavy (non-hydrogen) atoms. The SMILES string of the molecule is CC(C)[C@]1(C#N)CC[C@@H](C2CCCCC2)CC1. The molecule has 96 valence electrons. The number of nitriles is 1. The Bertz CT molecular complexity index is 272. The van der Waals surface area contributed by atoms with E-state index < -0.39 is 0 Å². The summed E-state index contributed by atoms with van der Waals surface area (Å²) in [4.78, 5) is 0. The average molecular weight is 233 g/mol. The lowest BCUT2D eigenvalue weighted by molar-refractivity contribution is 0.106. The second kappa shape index (κ2) is 5.42. The van der Waals surface area contributed by atoms with E-state index in [9.17, 15) is 5.26 Å². The van der Waals surface area contributed by atoms with Gasteiger partial charge in [0.2, 0.25) is 0 Å². The first-order valence-electron chi connectivity index (χ1n) is 7.59. The topological polar surface area (TPSA) is 23.8 Å². The van der Waals surface area contributed by atoms with Gasteiger partial charge in [-0.15, -0.1) is 0 Å². The summed E-state index contributed by atoms with van der Waals surface area (Å²) in [5, 5.41) is 9.46.